The molecule has 0 bridgehead atoms. The Morgan fingerprint density at radius 2 is 1.73 bits per heavy atom. The van der Waals surface area contributed by atoms with Crippen molar-refractivity contribution in [3.05, 3.63) is 75.0 Å². The van der Waals surface area contributed by atoms with E-state index < -0.39 is 10.1 Å². The summed E-state index contributed by atoms with van der Waals surface area (Å²) < 4.78 is 37.6. The van der Waals surface area contributed by atoms with E-state index in [0.717, 1.165) is 5.56 Å². The summed E-state index contributed by atoms with van der Waals surface area (Å²) in [5, 5.41) is 3.66. The van der Waals surface area contributed by atoms with Crippen LogP contribution in [0.5, 0.6) is 5.75 Å². The van der Waals surface area contributed by atoms with Crippen LogP contribution in [0.3, 0.4) is 0 Å². The van der Waals surface area contributed by atoms with Gasteiger partial charge in [0.15, 0.2) is 0 Å². The average Bonchev–Trinajstić information content (AvgIpc) is 2.90. The molecule has 134 valence electrons. The average molecular weight is 372 g/mol. The van der Waals surface area contributed by atoms with Crippen molar-refractivity contribution >= 4 is 22.8 Å². The Morgan fingerprint density at radius 1 is 1.12 bits per heavy atom. The standard InChI is InChI=1S/C18H16N2O5S/c1-12-17(11-13-3-7-15(25-2)8-4-13)18(21)20(19-12)14-5-9-16(10-6-14)26(22,23)24/h3-11,19H,1H2,2H3,(H,22,23,24). The van der Waals surface area contributed by atoms with E-state index in [1.54, 1.807) is 25.3 Å². The third kappa shape index (κ3) is 3.46. The number of ether oxygens (including phenoxy) is 1. The molecular formula is C18H16N2O5S. The van der Waals surface area contributed by atoms with Crippen LogP contribution in [0.25, 0.3) is 18.3 Å². The highest BCUT2D eigenvalue weighted by Gasteiger charge is 2.10. The van der Waals surface area contributed by atoms with Gasteiger partial charge < -0.3 is 4.74 Å². The lowest BCUT2D eigenvalue weighted by Crippen LogP contribution is -2.33. The van der Waals surface area contributed by atoms with Crippen molar-refractivity contribution in [3.8, 4) is 11.4 Å². The van der Waals surface area contributed by atoms with Gasteiger partial charge in [-0.1, -0.05) is 18.7 Å². The fourth-order valence-corrected chi connectivity index (χ4v) is 2.94. The Bertz CT molecular complexity index is 1200. The van der Waals surface area contributed by atoms with Gasteiger partial charge in [-0.05, 0) is 48.0 Å². The van der Waals surface area contributed by atoms with Crippen LogP contribution in [0.15, 0.2) is 58.2 Å². The molecule has 8 heteroatoms. The van der Waals surface area contributed by atoms with Crippen molar-refractivity contribution < 1.29 is 17.7 Å². The van der Waals surface area contributed by atoms with Crippen molar-refractivity contribution in [1.29, 1.82) is 0 Å². The third-order valence-corrected chi connectivity index (χ3v) is 4.69. The molecule has 2 aromatic carbocycles. The van der Waals surface area contributed by atoms with E-state index in [4.69, 9.17) is 9.29 Å². The quantitative estimate of drug-likeness (QED) is 0.655. The van der Waals surface area contributed by atoms with Crippen LogP contribution in [0.2, 0.25) is 0 Å². The van der Waals surface area contributed by atoms with Gasteiger partial charge in [0.25, 0.3) is 15.7 Å². The summed E-state index contributed by atoms with van der Waals surface area (Å²) in [4.78, 5) is 12.4. The molecule has 2 N–H and O–H groups in total. The van der Waals surface area contributed by atoms with Gasteiger partial charge in [-0.25, -0.2) is 4.68 Å². The molecule has 7 nitrogen and oxygen atoms in total. The van der Waals surface area contributed by atoms with Gasteiger partial charge in [0.2, 0.25) is 0 Å². The molecule has 26 heavy (non-hydrogen) atoms. The summed E-state index contributed by atoms with van der Waals surface area (Å²) in [5.74, 6) is 0.711. The highest BCUT2D eigenvalue weighted by molar-refractivity contribution is 7.85. The van der Waals surface area contributed by atoms with Crippen LogP contribution in [-0.2, 0) is 10.1 Å². The summed E-state index contributed by atoms with van der Waals surface area (Å²) >= 11 is 0. The van der Waals surface area contributed by atoms with Crippen molar-refractivity contribution in [1.82, 2.24) is 9.78 Å². The number of hydrogen-bond donors (Lipinski definition) is 2. The third-order valence-electron chi connectivity index (χ3n) is 3.82. The van der Waals surface area contributed by atoms with Gasteiger partial charge >= 0.3 is 0 Å². The van der Waals surface area contributed by atoms with E-state index in [0.29, 0.717) is 22.0 Å². The first-order valence-electron chi connectivity index (χ1n) is 7.53. The number of benzene rings is 2. The number of hydrogen-bond acceptors (Lipinski definition) is 4. The maximum atomic E-state index is 12.7. The Balaban J connectivity index is 2.07. The molecular weight excluding hydrogens is 356 g/mol. The molecule has 0 radical (unpaired) electrons. The van der Waals surface area contributed by atoms with Gasteiger partial charge in [-0.15, -0.1) is 0 Å². The number of H-pyrrole nitrogens is 1. The van der Waals surface area contributed by atoms with E-state index in [1.807, 2.05) is 12.1 Å². The second-order valence-electron chi connectivity index (χ2n) is 5.53. The largest absolute Gasteiger partial charge is 0.497 e. The highest BCUT2D eigenvalue weighted by Crippen LogP contribution is 2.12. The van der Waals surface area contributed by atoms with E-state index in [2.05, 4.69) is 11.7 Å². The van der Waals surface area contributed by atoms with Crippen molar-refractivity contribution in [3.63, 3.8) is 0 Å². The first-order valence-corrected chi connectivity index (χ1v) is 8.97. The fourth-order valence-electron chi connectivity index (χ4n) is 2.46. The number of rotatable bonds is 4. The Morgan fingerprint density at radius 3 is 2.27 bits per heavy atom. The molecule has 0 fully saturated rings. The topological polar surface area (TPSA) is 101 Å². The SMILES string of the molecule is C=c1[nH]n(-c2ccc(S(=O)(=O)O)cc2)c(=O)c1=Cc1ccc(OC)cc1. The van der Waals surface area contributed by atoms with Crippen LogP contribution in [-0.4, -0.2) is 29.9 Å². The Hall–Kier alpha value is -3.10. The lowest BCUT2D eigenvalue weighted by atomic mass is 10.2. The Labute approximate surface area is 149 Å². The molecule has 1 aromatic heterocycles. The predicted octanol–water partition coefficient (Wildman–Crippen LogP) is 0.660. The van der Waals surface area contributed by atoms with Crippen molar-refractivity contribution in [2.24, 2.45) is 0 Å². The minimum absolute atomic E-state index is 0.249. The lowest BCUT2D eigenvalue weighted by molar-refractivity contribution is 0.415. The zero-order valence-electron chi connectivity index (χ0n) is 13.8. The van der Waals surface area contributed by atoms with Gasteiger partial charge in [-0.3, -0.25) is 14.4 Å². The fraction of sp³-hybridized carbons (Fsp3) is 0.0556. The van der Waals surface area contributed by atoms with E-state index in [1.165, 1.54) is 28.9 Å². The van der Waals surface area contributed by atoms with Crippen LogP contribution in [0, 0.1) is 0 Å². The van der Waals surface area contributed by atoms with Gasteiger partial charge in [0, 0.05) is 0 Å². The zero-order chi connectivity index (χ0) is 18.9. The van der Waals surface area contributed by atoms with Crippen LogP contribution < -0.4 is 20.9 Å². The molecule has 1 heterocycles. The summed E-state index contributed by atoms with van der Waals surface area (Å²) in [5.41, 5.74) is 0.896. The molecule has 0 saturated carbocycles. The van der Waals surface area contributed by atoms with Gasteiger partial charge in [-0.2, -0.15) is 8.42 Å². The molecule has 0 saturated heterocycles. The summed E-state index contributed by atoms with van der Waals surface area (Å²) in [6.07, 6.45) is 1.70. The summed E-state index contributed by atoms with van der Waals surface area (Å²) in [7, 11) is -2.71. The molecule has 0 aliphatic heterocycles. The summed E-state index contributed by atoms with van der Waals surface area (Å²) in [6.45, 7) is 3.85. The van der Waals surface area contributed by atoms with E-state index in [9.17, 15) is 13.2 Å². The minimum atomic E-state index is -4.29. The molecule has 0 atom stereocenters. The molecule has 0 spiro atoms. The van der Waals surface area contributed by atoms with Crippen LogP contribution in [0.1, 0.15) is 5.56 Å². The molecule has 0 unspecified atom stereocenters. The van der Waals surface area contributed by atoms with Crippen LogP contribution in [0.4, 0.5) is 0 Å². The molecule has 0 amide bonds. The monoisotopic (exact) mass is 372 g/mol. The highest BCUT2D eigenvalue weighted by atomic mass is 32.2. The second kappa shape index (κ2) is 6.66. The number of aromatic amines is 1. The first kappa shape index (κ1) is 17.7. The molecule has 0 aliphatic carbocycles. The lowest BCUT2D eigenvalue weighted by Gasteiger charge is -2.02. The molecule has 3 aromatic rings. The smallest absolute Gasteiger partial charge is 0.294 e. The minimum Gasteiger partial charge on any atom is -0.497 e. The number of aromatic nitrogens is 2. The van der Waals surface area contributed by atoms with Crippen molar-refractivity contribution in [2.45, 2.75) is 4.90 Å². The van der Waals surface area contributed by atoms with Crippen molar-refractivity contribution in [2.75, 3.05) is 7.11 Å². The van der Waals surface area contributed by atoms with E-state index in [-0.39, 0.29) is 10.5 Å². The van der Waals surface area contributed by atoms with Gasteiger partial charge in [0.05, 0.1) is 28.3 Å². The van der Waals surface area contributed by atoms with E-state index >= 15 is 0 Å². The normalized spacial score (nSPS) is 12.3. The van der Waals surface area contributed by atoms with Crippen LogP contribution >= 0.6 is 0 Å². The van der Waals surface area contributed by atoms with Gasteiger partial charge in [0.1, 0.15) is 5.75 Å². The number of nitrogens with one attached hydrogen (secondary N) is 1. The maximum absolute atomic E-state index is 12.7. The molecule has 3 rings (SSSR count). The maximum Gasteiger partial charge on any atom is 0.294 e. The second-order valence-corrected chi connectivity index (χ2v) is 6.95. The summed E-state index contributed by atoms with van der Waals surface area (Å²) in [6, 6.07) is 12.5. The number of nitrogens with zero attached hydrogens (tertiary/aromatic N) is 1. The zero-order valence-corrected chi connectivity index (χ0v) is 14.7. The Kier molecular flexibility index (Phi) is 4.54. The first-order chi connectivity index (χ1) is 12.3. The molecule has 0 aliphatic rings. The predicted molar refractivity (Wildman–Crippen MR) is 97.5 cm³/mol. The number of methoxy groups -OCH3 is 1.